The van der Waals surface area contributed by atoms with E-state index in [4.69, 9.17) is 5.73 Å². The van der Waals surface area contributed by atoms with Crippen molar-refractivity contribution in [3.05, 3.63) is 34.1 Å². The van der Waals surface area contributed by atoms with Gasteiger partial charge in [0.05, 0.1) is 11.0 Å². The predicted octanol–water partition coefficient (Wildman–Crippen LogP) is 1.42. The number of hydrogen-bond donors (Lipinski definition) is 2. The fraction of sp³-hybridized carbons (Fsp3) is 0.273. The van der Waals surface area contributed by atoms with Crippen LogP contribution in [0.5, 0.6) is 0 Å². The average Bonchev–Trinajstić information content (AvgIpc) is 2.79. The Morgan fingerprint density at radius 2 is 2.14 bits per heavy atom. The molecule has 2 aromatic rings. The van der Waals surface area contributed by atoms with E-state index in [1.807, 2.05) is 0 Å². The van der Waals surface area contributed by atoms with Crippen LogP contribution >= 0.6 is 15.9 Å². The van der Waals surface area contributed by atoms with Crippen LogP contribution in [0.2, 0.25) is 0 Å². The number of rotatable bonds is 4. The fourth-order valence-electron chi connectivity index (χ4n) is 1.68. The molecular weight excluding hydrogens is 365 g/mol. The summed E-state index contributed by atoms with van der Waals surface area (Å²) >= 11 is 2.94. The Balaban J connectivity index is 2.37. The van der Waals surface area contributed by atoms with E-state index in [9.17, 15) is 12.8 Å². The van der Waals surface area contributed by atoms with Gasteiger partial charge < -0.3 is 5.73 Å². The van der Waals surface area contributed by atoms with Gasteiger partial charge in [0.1, 0.15) is 10.7 Å². The number of aryl methyl sites for hydroxylation is 1. The monoisotopic (exact) mass is 377 g/mol. The SMILES string of the molecule is Cc1nc(CN(C)S(=O)(=O)c2cc(N)cc(Br)c2F)n[nH]1. The quantitative estimate of drug-likeness (QED) is 0.783. The number of halogens is 2. The molecule has 1 aromatic heterocycles. The van der Waals surface area contributed by atoms with Gasteiger partial charge in [-0.05, 0) is 35.0 Å². The molecule has 0 aliphatic heterocycles. The summed E-state index contributed by atoms with van der Waals surface area (Å²) in [5.41, 5.74) is 5.71. The molecule has 1 aromatic carbocycles. The maximum absolute atomic E-state index is 14.0. The molecule has 0 amide bonds. The van der Waals surface area contributed by atoms with Crippen molar-refractivity contribution in [2.45, 2.75) is 18.4 Å². The van der Waals surface area contributed by atoms with Crippen molar-refractivity contribution in [1.82, 2.24) is 19.5 Å². The Bertz CT molecular complexity index is 777. The van der Waals surface area contributed by atoms with Gasteiger partial charge in [-0.3, -0.25) is 5.10 Å². The van der Waals surface area contributed by atoms with Gasteiger partial charge in [-0.2, -0.15) is 9.40 Å². The molecule has 0 atom stereocenters. The molecule has 114 valence electrons. The molecule has 1 heterocycles. The number of H-pyrrole nitrogens is 1. The van der Waals surface area contributed by atoms with E-state index in [0.29, 0.717) is 11.6 Å². The largest absolute Gasteiger partial charge is 0.399 e. The second kappa shape index (κ2) is 5.70. The van der Waals surface area contributed by atoms with Crippen LogP contribution in [-0.2, 0) is 16.6 Å². The third kappa shape index (κ3) is 3.22. The van der Waals surface area contributed by atoms with E-state index in [0.717, 1.165) is 10.4 Å². The van der Waals surface area contributed by atoms with E-state index < -0.39 is 20.7 Å². The van der Waals surface area contributed by atoms with E-state index in [2.05, 4.69) is 31.1 Å². The van der Waals surface area contributed by atoms with Crippen molar-refractivity contribution >= 4 is 31.6 Å². The van der Waals surface area contributed by atoms with Gasteiger partial charge in [0, 0.05) is 12.7 Å². The molecule has 3 N–H and O–H groups in total. The summed E-state index contributed by atoms with van der Waals surface area (Å²) in [6.45, 7) is 1.61. The number of nitrogens with two attached hydrogens (primary N) is 1. The lowest BCUT2D eigenvalue weighted by Crippen LogP contribution is -2.28. The Morgan fingerprint density at radius 1 is 1.48 bits per heavy atom. The topological polar surface area (TPSA) is 105 Å². The van der Waals surface area contributed by atoms with Crippen LogP contribution in [0.1, 0.15) is 11.6 Å². The molecule has 0 aliphatic carbocycles. The third-order valence-electron chi connectivity index (χ3n) is 2.71. The maximum Gasteiger partial charge on any atom is 0.246 e. The highest BCUT2D eigenvalue weighted by Crippen LogP contribution is 2.28. The second-order valence-corrected chi connectivity index (χ2v) is 7.28. The van der Waals surface area contributed by atoms with E-state index >= 15 is 0 Å². The standard InChI is InChI=1S/C11H13BrFN5O2S/c1-6-15-10(17-16-6)5-18(2)21(19,20)9-4-7(14)3-8(12)11(9)13/h3-4H,5,14H2,1-2H3,(H,15,16,17). The van der Waals surface area contributed by atoms with Crippen molar-refractivity contribution in [2.75, 3.05) is 12.8 Å². The first-order valence-electron chi connectivity index (χ1n) is 5.80. The lowest BCUT2D eigenvalue weighted by molar-refractivity contribution is 0.451. The van der Waals surface area contributed by atoms with Crippen LogP contribution in [0.3, 0.4) is 0 Å². The number of hydrogen-bond acceptors (Lipinski definition) is 5. The number of anilines is 1. The molecule has 0 radical (unpaired) electrons. The third-order valence-corrected chi connectivity index (χ3v) is 5.09. The predicted molar refractivity (Wildman–Crippen MR) is 78.3 cm³/mol. The highest BCUT2D eigenvalue weighted by molar-refractivity contribution is 9.10. The Morgan fingerprint density at radius 3 is 2.71 bits per heavy atom. The van der Waals surface area contributed by atoms with E-state index in [1.54, 1.807) is 6.92 Å². The number of benzene rings is 1. The lowest BCUT2D eigenvalue weighted by atomic mass is 10.3. The molecule has 0 bridgehead atoms. The summed E-state index contributed by atoms with van der Waals surface area (Å²) < 4.78 is 39.8. The minimum Gasteiger partial charge on any atom is -0.399 e. The van der Waals surface area contributed by atoms with Crippen LogP contribution in [0.4, 0.5) is 10.1 Å². The summed E-state index contributed by atoms with van der Waals surface area (Å²) in [6, 6.07) is 2.38. The summed E-state index contributed by atoms with van der Waals surface area (Å²) in [7, 11) is -2.73. The highest BCUT2D eigenvalue weighted by Gasteiger charge is 2.27. The summed E-state index contributed by atoms with van der Waals surface area (Å²) in [6.07, 6.45) is 0. The van der Waals surface area contributed by atoms with Crippen LogP contribution in [0, 0.1) is 12.7 Å². The van der Waals surface area contributed by atoms with Gasteiger partial charge >= 0.3 is 0 Å². The van der Waals surface area contributed by atoms with Crippen LogP contribution in [0.15, 0.2) is 21.5 Å². The van der Waals surface area contributed by atoms with Gasteiger partial charge in [-0.15, -0.1) is 0 Å². The smallest absolute Gasteiger partial charge is 0.246 e. The van der Waals surface area contributed by atoms with Gasteiger partial charge in [-0.1, -0.05) is 0 Å². The van der Waals surface area contributed by atoms with Crippen molar-refractivity contribution in [3.8, 4) is 0 Å². The molecule has 0 unspecified atom stereocenters. The van der Waals surface area contributed by atoms with E-state index in [1.165, 1.54) is 13.1 Å². The number of nitrogens with one attached hydrogen (secondary N) is 1. The Hall–Kier alpha value is -1.52. The minimum absolute atomic E-state index is 0.0109. The lowest BCUT2D eigenvalue weighted by Gasteiger charge is -2.16. The molecular formula is C11H13BrFN5O2S. The number of nitrogens with zero attached hydrogens (tertiary/aromatic N) is 3. The first kappa shape index (κ1) is 15.9. The van der Waals surface area contributed by atoms with E-state index in [-0.39, 0.29) is 16.7 Å². The van der Waals surface area contributed by atoms with Crippen molar-refractivity contribution < 1.29 is 12.8 Å². The number of aromatic amines is 1. The van der Waals surface area contributed by atoms with Gasteiger partial charge in [0.2, 0.25) is 10.0 Å². The molecule has 2 rings (SSSR count). The first-order valence-corrected chi connectivity index (χ1v) is 8.04. The fourth-order valence-corrected chi connectivity index (χ4v) is 3.54. The molecule has 10 heteroatoms. The Labute approximate surface area is 129 Å². The average molecular weight is 378 g/mol. The number of sulfonamides is 1. The number of nitrogen functional groups attached to an aromatic ring is 1. The van der Waals surface area contributed by atoms with Crippen molar-refractivity contribution in [3.63, 3.8) is 0 Å². The van der Waals surface area contributed by atoms with Gasteiger partial charge in [0.15, 0.2) is 11.6 Å². The molecule has 21 heavy (non-hydrogen) atoms. The molecule has 0 saturated heterocycles. The second-order valence-electron chi connectivity index (χ2n) is 4.41. The highest BCUT2D eigenvalue weighted by atomic mass is 79.9. The molecule has 0 fully saturated rings. The normalized spacial score (nSPS) is 12.0. The molecule has 0 saturated carbocycles. The zero-order chi connectivity index (χ0) is 15.8. The summed E-state index contributed by atoms with van der Waals surface area (Å²) in [5, 5.41) is 6.46. The summed E-state index contributed by atoms with van der Waals surface area (Å²) in [5.74, 6) is -0.0298. The van der Waals surface area contributed by atoms with Gasteiger partial charge in [0.25, 0.3) is 0 Å². The molecule has 0 aliphatic rings. The zero-order valence-electron chi connectivity index (χ0n) is 11.3. The summed E-state index contributed by atoms with van der Waals surface area (Å²) in [4.78, 5) is 3.52. The maximum atomic E-state index is 14.0. The molecule has 7 nitrogen and oxygen atoms in total. The van der Waals surface area contributed by atoms with Crippen molar-refractivity contribution in [2.24, 2.45) is 0 Å². The number of aromatic nitrogens is 3. The zero-order valence-corrected chi connectivity index (χ0v) is 13.7. The van der Waals surface area contributed by atoms with Crippen LogP contribution in [-0.4, -0.2) is 35.0 Å². The minimum atomic E-state index is -4.05. The molecule has 0 spiro atoms. The Kier molecular flexibility index (Phi) is 4.30. The first-order chi connectivity index (χ1) is 9.71. The van der Waals surface area contributed by atoms with Crippen LogP contribution in [0.25, 0.3) is 0 Å². The van der Waals surface area contributed by atoms with Gasteiger partial charge in [-0.25, -0.2) is 17.8 Å². The van der Waals surface area contributed by atoms with Crippen LogP contribution < -0.4 is 5.73 Å². The van der Waals surface area contributed by atoms with Crippen molar-refractivity contribution in [1.29, 1.82) is 0 Å².